The second kappa shape index (κ2) is 13.9. The van der Waals surface area contributed by atoms with E-state index in [1.807, 2.05) is 0 Å². The van der Waals surface area contributed by atoms with E-state index >= 15 is 0 Å². The van der Waals surface area contributed by atoms with Crippen LogP contribution in [0.1, 0.15) is 25.5 Å². The molecule has 11 N–H and O–H groups in total. The largest absolute Gasteiger partial charge is 0.480 e. The first-order valence-electron chi connectivity index (χ1n) is 10.1. The molecule has 14 nitrogen and oxygen atoms in total. The number of aliphatic imine (C=N–C) groups is 1. The molecule has 1 aromatic rings. The number of hydrogen-bond acceptors (Lipinski definition) is 8. The van der Waals surface area contributed by atoms with E-state index in [4.69, 9.17) is 17.2 Å². The molecular weight excluding hydrogens is 454 g/mol. The van der Waals surface area contributed by atoms with Gasteiger partial charge in [0.05, 0.1) is 12.4 Å². The lowest BCUT2D eigenvalue weighted by Gasteiger charge is -2.24. The number of guanidine groups is 1. The lowest BCUT2D eigenvalue weighted by molar-refractivity contribution is -0.142. The number of nitrogens with two attached hydrogens (primary N) is 3. The number of aliphatic carboxylic acids is 1. The molecule has 0 aromatic carbocycles. The summed E-state index contributed by atoms with van der Waals surface area (Å²) in [6.07, 6.45) is 3.22. The van der Waals surface area contributed by atoms with Crippen molar-refractivity contribution in [2.75, 3.05) is 12.3 Å². The number of imidazole rings is 1. The molecule has 3 amide bonds. The summed E-state index contributed by atoms with van der Waals surface area (Å²) < 4.78 is 0. The molecule has 0 bridgehead atoms. The smallest absolute Gasteiger partial charge is 0.326 e. The van der Waals surface area contributed by atoms with Crippen LogP contribution < -0.4 is 33.2 Å². The predicted molar refractivity (Wildman–Crippen MR) is 123 cm³/mol. The lowest BCUT2D eigenvalue weighted by atomic mass is 10.1. The van der Waals surface area contributed by atoms with E-state index in [2.05, 4.69) is 43.5 Å². The van der Waals surface area contributed by atoms with Crippen molar-refractivity contribution in [1.82, 2.24) is 25.9 Å². The van der Waals surface area contributed by atoms with Crippen LogP contribution in [0.5, 0.6) is 0 Å². The van der Waals surface area contributed by atoms with E-state index in [0.29, 0.717) is 12.1 Å². The normalized spacial score (nSPS) is 14.3. The highest BCUT2D eigenvalue weighted by atomic mass is 32.1. The molecule has 1 rings (SSSR count). The van der Waals surface area contributed by atoms with Crippen molar-refractivity contribution in [1.29, 1.82) is 0 Å². The Kier molecular flexibility index (Phi) is 11.7. The first kappa shape index (κ1) is 27.7. The second-order valence-electron chi connectivity index (χ2n) is 7.22. The van der Waals surface area contributed by atoms with Gasteiger partial charge in [0, 0.05) is 30.6 Å². The minimum Gasteiger partial charge on any atom is -0.480 e. The van der Waals surface area contributed by atoms with Gasteiger partial charge in [0.15, 0.2) is 5.96 Å². The quantitative estimate of drug-likeness (QED) is 0.0557. The fraction of sp³-hybridized carbons (Fsp3) is 0.556. The van der Waals surface area contributed by atoms with Gasteiger partial charge in [0.2, 0.25) is 17.7 Å². The molecule has 184 valence electrons. The van der Waals surface area contributed by atoms with Gasteiger partial charge in [0.25, 0.3) is 0 Å². The Morgan fingerprint density at radius 1 is 1.12 bits per heavy atom. The van der Waals surface area contributed by atoms with Crippen LogP contribution in [-0.4, -0.2) is 81.2 Å². The number of nitrogens with zero attached hydrogens (tertiary/aromatic N) is 2. The predicted octanol–water partition coefficient (Wildman–Crippen LogP) is -3.18. The highest BCUT2D eigenvalue weighted by Crippen LogP contribution is 2.04. The van der Waals surface area contributed by atoms with E-state index < -0.39 is 47.9 Å². The number of nitrogens with one attached hydrogen (secondary N) is 4. The number of thiol groups is 1. The fourth-order valence-electron chi connectivity index (χ4n) is 2.63. The molecule has 4 atom stereocenters. The average molecular weight is 486 g/mol. The summed E-state index contributed by atoms with van der Waals surface area (Å²) in [5, 5.41) is 16.8. The van der Waals surface area contributed by atoms with Crippen LogP contribution in [0.2, 0.25) is 0 Å². The molecule has 0 aliphatic rings. The Labute approximate surface area is 195 Å². The first-order chi connectivity index (χ1) is 15.5. The number of carboxylic acid groups (broad SMARTS) is 1. The third-order valence-corrected chi connectivity index (χ3v) is 4.77. The third kappa shape index (κ3) is 10.2. The highest BCUT2D eigenvalue weighted by Gasteiger charge is 2.29. The maximum Gasteiger partial charge on any atom is 0.326 e. The number of amides is 3. The molecule has 0 radical (unpaired) electrons. The zero-order chi connectivity index (χ0) is 25.0. The molecule has 1 aromatic heterocycles. The monoisotopic (exact) mass is 485 g/mol. The van der Waals surface area contributed by atoms with Crippen molar-refractivity contribution >= 4 is 42.3 Å². The van der Waals surface area contributed by atoms with Crippen LogP contribution in [0, 0.1) is 0 Å². The molecular formula is C18H31N9O5S. The average Bonchev–Trinajstić information content (AvgIpc) is 3.25. The van der Waals surface area contributed by atoms with Crippen molar-refractivity contribution in [3.05, 3.63) is 18.2 Å². The topological polar surface area (TPSA) is 244 Å². The highest BCUT2D eigenvalue weighted by molar-refractivity contribution is 7.80. The van der Waals surface area contributed by atoms with Crippen LogP contribution >= 0.6 is 12.6 Å². The minimum absolute atomic E-state index is 0.00155. The Morgan fingerprint density at radius 2 is 1.73 bits per heavy atom. The van der Waals surface area contributed by atoms with Crippen molar-refractivity contribution in [2.45, 2.75) is 50.4 Å². The summed E-state index contributed by atoms with van der Waals surface area (Å²) in [5.41, 5.74) is 16.5. The van der Waals surface area contributed by atoms with Gasteiger partial charge in [-0.3, -0.25) is 19.4 Å². The number of H-pyrrole nitrogens is 1. The van der Waals surface area contributed by atoms with Gasteiger partial charge in [-0.1, -0.05) is 0 Å². The number of hydrogen-bond donors (Lipinski definition) is 9. The maximum atomic E-state index is 12.9. The van der Waals surface area contributed by atoms with Crippen molar-refractivity contribution in [3.63, 3.8) is 0 Å². The zero-order valence-corrected chi connectivity index (χ0v) is 19.0. The Hall–Kier alpha value is -3.33. The maximum absolute atomic E-state index is 12.9. The van der Waals surface area contributed by atoms with E-state index in [1.165, 1.54) is 19.4 Å². The number of aromatic nitrogens is 2. The second-order valence-corrected chi connectivity index (χ2v) is 7.59. The van der Waals surface area contributed by atoms with E-state index in [-0.39, 0.29) is 31.1 Å². The molecule has 0 aliphatic heterocycles. The first-order valence-corrected chi connectivity index (χ1v) is 10.7. The summed E-state index contributed by atoms with van der Waals surface area (Å²) in [6, 6.07) is -4.29. The third-order valence-electron chi connectivity index (χ3n) is 4.40. The zero-order valence-electron chi connectivity index (χ0n) is 18.2. The van der Waals surface area contributed by atoms with E-state index in [1.54, 1.807) is 0 Å². The molecule has 1 heterocycles. The van der Waals surface area contributed by atoms with E-state index in [9.17, 15) is 24.3 Å². The summed E-state index contributed by atoms with van der Waals surface area (Å²) in [7, 11) is 0. The van der Waals surface area contributed by atoms with E-state index in [0.717, 1.165) is 0 Å². The molecule has 15 heteroatoms. The van der Waals surface area contributed by atoms with Crippen LogP contribution in [0.4, 0.5) is 0 Å². The van der Waals surface area contributed by atoms with Gasteiger partial charge in [-0.25, -0.2) is 9.78 Å². The van der Waals surface area contributed by atoms with Crippen LogP contribution in [0.3, 0.4) is 0 Å². The van der Waals surface area contributed by atoms with Gasteiger partial charge in [-0.15, -0.1) is 0 Å². The molecule has 33 heavy (non-hydrogen) atoms. The van der Waals surface area contributed by atoms with Crippen molar-refractivity contribution < 1.29 is 24.3 Å². The summed E-state index contributed by atoms with van der Waals surface area (Å²) in [6.45, 7) is 1.65. The van der Waals surface area contributed by atoms with Gasteiger partial charge >= 0.3 is 5.97 Å². The van der Waals surface area contributed by atoms with Gasteiger partial charge in [-0.05, 0) is 19.8 Å². The molecule has 0 saturated heterocycles. The van der Waals surface area contributed by atoms with Crippen LogP contribution in [0.15, 0.2) is 17.5 Å². The van der Waals surface area contributed by atoms with Gasteiger partial charge in [-0.2, -0.15) is 12.6 Å². The van der Waals surface area contributed by atoms with Crippen LogP contribution in [-0.2, 0) is 25.6 Å². The molecule has 0 saturated carbocycles. The molecule has 4 unspecified atom stereocenters. The number of carbonyl (C=O) groups excluding carboxylic acids is 3. The van der Waals surface area contributed by atoms with Crippen LogP contribution in [0.25, 0.3) is 0 Å². The standard InChI is InChI=1S/C18H31N9O5S/c1-9(19)14(28)27-13(7-33)16(30)26-12(5-10-6-22-8-24-10)15(29)25-11(17(31)32)3-2-4-23-18(20)21/h6,8-9,11-13,33H,2-5,7,19H2,1H3,(H,22,24)(H,25,29)(H,26,30)(H,27,28)(H,31,32)(H4,20,21,23). The van der Waals surface area contributed by atoms with Crippen molar-refractivity contribution in [3.8, 4) is 0 Å². The molecule has 0 fully saturated rings. The Morgan fingerprint density at radius 3 is 2.24 bits per heavy atom. The summed E-state index contributed by atoms with van der Waals surface area (Å²) in [5.74, 6) is -3.40. The SMILES string of the molecule is CC(N)C(=O)NC(CS)C(=O)NC(Cc1cnc[nH]1)C(=O)NC(CCCN=C(N)N)C(=O)O. The molecule has 0 spiro atoms. The number of rotatable bonds is 14. The fourth-order valence-corrected chi connectivity index (χ4v) is 2.89. The minimum atomic E-state index is -1.25. The number of carboxylic acids is 1. The lowest BCUT2D eigenvalue weighted by Crippen LogP contribution is -2.58. The number of carbonyl (C=O) groups is 4. The Bertz CT molecular complexity index is 827. The van der Waals surface area contributed by atoms with Gasteiger partial charge in [0.1, 0.15) is 18.1 Å². The molecule has 0 aliphatic carbocycles. The summed E-state index contributed by atoms with van der Waals surface area (Å²) >= 11 is 4.07. The Balaban J connectivity index is 2.91. The summed E-state index contributed by atoms with van der Waals surface area (Å²) in [4.78, 5) is 59.5. The van der Waals surface area contributed by atoms with Crippen molar-refractivity contribution in [2.24, 2.45) is 22.2 Å². The number of aromatic amines is 1. The van der Waals surface area contributed by atoms with Gasteiger partial charge < -0.3 is 43.2 Å².